The second-order valence-corrected chi connectivity index (χ2v) is 5.96. The first-order chi connectivity index (χ1) is 8.27. The summed E-state index contributed by atoms with van der Waals surface area (Å²) >= 11 is 1.88. The summed E-state index contributed by atoms with van der Waals surface area (Å²) in [5.74, 6) is 2.03. The van der Waals surface area contributed by atoms with Crippen molar-refractivity contribution in [3.8, 4) is 0 Å². The molecule has 3 nitrogen and oxygen atoms in total. The number of thioether (sulfide) groups is 1. The van der Waals surface area contributed by atoms with Crippen molar-refractivity contribution in [2.45, 2.75) is 57.5 Å². The Labute approximate surface area is 109 Å². The largest absolute Gasteiger partial charge is 0.468 e. The molecule has 1 fully saturated rings. The van der Waals surface area contributed by atoms with E-state index >= 15 is 0 Å². The third kappa shape index (κ3) is 5.77. The summed E-state index contributed by atoms with van der Waals surface area (Å²) in [5.41, 5.74) is 0. The van der Waals surface area contributed by atoms with Gasteiger partial charge in [0.1, 0.15) is 6.04 Å². The second kappa shape index (κ2) is 8.81. The fraction of sp³-hybridized carbons (Fsp3) is 0.923. The topological polar surface area (TPSA) is 38.3 Å². The smallest absolute Gasteiger partial charge is 0.322 e. The summed E-state index contributed by atoms with van der Waals surface area (Å²) < 4.78 is 4.87. The van der Waals surface area contributed by atoms with Crippen molar-refractivity contribution in [1.82, 2.24) is 5.32 Å². The fourth-order valence-electron chi connectivity index (χ4n) is 2.31. The van der Waals surface area contributed by atoms with Crippen LogP contribution < -0.4 is 5.32 Å². The van der Waals surface area contributed by atoms with Gasteiger partial charge in [0.05, 0.1) is 7.11 Å². The van der Waals surface area contributed by atoms with E-state index in [-0.39, 0.29) is 12.0 Å². The lowest BCUT2D eigenvalue weighted by Crippen LogP contribution is -2.45. The molecular formula is C13H25NO2S. The van der Waals surface area contributed by atoms with Gasteiger partial charge in [-0.05, 0) is 30.8 Å². The van der Waals surface area contributed by atoms with Crippen molar-refractivity contribution >= 4 is 17.7 Å². The van der Waals surface area contributed by atoms with Gasteiger partial charge in [-0.15, -0.1) is 0 Å². The van der Waals surface area contributed by atoms with E-state index in [1.807, 2.05) is 11.8 Å². The number of hydrogen-bond acceptors (Lipinski definition) is 4. The van der Waals surface area contributed by atoms with Crippen LogP contribution in [-0.4, -0.2) is 36.7 Å². The lowest BCUT2D eigenvalue weighted by Gasteiger charge is -2.27. The van der Waals surface area contributed by atoms with E-state index in [0.29, 0.717) is 6.04 Å². The standard InChI is InChI=1S/C13H25NO2S/c1-3-17-10-9-12(13(15)16-2)14-11-7-5-4-6-8-11/h11-12,14H,3-10H2,1-2H3. The molecule has 0 bridgehead atoms. The molecule has 17 heavy (non-hydrogen) atoms. The van der Waals surface area contributed by atoms with Crippen molar-refractivity contribution in [3.05, 3.63) is 0 Å². The number of nitrogens with one attached hydrogen (secondary N) is 1. The second-order valence-electron chi connectivity index (χ2n) is 4.56. The highest BCUT2D eigenvalue weighted by Crippen LogP contribution is 2.18. The maximum absolute atomic E-state index is 11.7. The molecule has 1 unspecified atom stereocenters. The van der Waals surface area contributed by atoms with Crippen molar-refractivity contribution in [1.29, 1.82) is 0 Å². The van der Waals surface area contributed by atoms with Crippen LogP contribution in [0.5, 0.6) is 0 Å². The quantitative estimate of drug-likeness (QED) is 0.563. The van der Waals surface area contributed by atoms with E-state index in [2.05, 4.69) is 12.2 Å². The van der Waals surface area contributed by atoms with E-state index in [9.17, 15) is 4.79 Å². The zero-order valence-electron chi connectivity index (χ0n) is 11.0. The van der Waals surface area contributed by atoms with Crippen molar-refractivity contribution in [3.63, 3.8) is 0 Å². The van der Waals surface area contributed by atoms with Gasteiger partial charge in [-0.1, -0.05) is 26.2 Å². The van der Waals surface area contributed by atoms with Crippen LogP contribution in [0.1, 0.15) is 45.4 Å². The maximum Gasteiger partial charge on any atom is 0.322 e. The Morgan fingerprint density at radius 1 is 1.41 bits per heavy atom. The van der Waals surface area contributed by atoms with Crippen molar-refractivity contribution in [2.75, 3.05) is 18.6 Å². The summed E-state index contributed by atoms with van der Waals surface area (Å²) in [6.07, 6.45) is 7.20. The Hall–Kier alpha value is -0.220. The van der Waals surface area contributed by atoms with Crippen LogP contribution in [0.15, 0.2) is 0 Å². The number of rotatable bonds is 7. The zero-order chi connectivity index (χ0) is 12.5. The van der Waals surface area contributed by atoms with Crippen LogP contribution in [0.4, 0.5) is 0 Å². The van der Waals surface area contributed by atoms with E-state index in [0.717, 1.165) is 17.9 Å². The molecule has 0 saturated heterocycles. The van der Waals surface area contributed by atoms with E-state index in [4.69, 9.17) is 4.74 Å². The minimum atomic E-state index is -0.109. The Bertz CT molecular complexity index is 217. The van der Waals surface area contributed by atoms with Gasteiger partial charge in [-0.3, -0.25) is 4.79 Å². The first kappa shape index (κ1) is 14.8. The number of esters is 1. The Morgan fingerprint density at radius 3 is 2.71 bits per heavy atom. The van der Waals surface area contributed by atoms with E-state index in [1.165, 1.54) is 39.2 Å². The molecule has 100 valence electrons. The molecule has 1 aliphatic rings. The molecular weight excluding hydrogens is 234 g/mol. The molecule has 0 aliphatic heterocycles. The minimum Gasteiger partial charge on any atom is -0.468 e. The molecule has 1 aliphatic carbocycles. The summed E-state index contributed by atoms with van der Waals surface area (Å²) in [5, 5.41) is 3.48. The Balaban J connectivity index is 2.35. The van der Waals surface area contributed by atoms with Crippen molar-refractivity contribution in [2.24, 2.45) is 0 Å². The summed E-state index contributed by atoms with van der Waals surface area (Å²) in [4.78, 5) is 11.7. The lowest BCUT2D eigenvalue weighted by molar-refractivity contribution is -0.143. The lowest BCUT2D eigenvalue weighted by atomic mass is 9.94. The maximum atomic E-state index is 11.7. The molecule has 0 aromatic carbocycles. The molecule has 1 saturated carbocycles. The molecule has 0 heterocycles. The van der Waals surface area contributed by atoms with Crippen LogP contribution in [0.2, 0.25) is 0 Å². The fourth-order valence-corrected chi connectivity index (χ4v) is 3.00. The van der Waals surface area contributed by atoms with Gasteiger partial charge < -0.3 is 10.1 Å². The van der Waals surface area contributed by atoms with Crippen LogP contribution in [0, 0.1) is 0 Å². The van der Waals surface area contributed by atoms with Gasteiger partial charge in [-0.2, -0.15) is 11.8 Å². The zero-order valence-corrected chi connectivity index (χ0v) is 11.9. The number of methoxy groups -OCH3 is 1. The monoisotopic (exact) mass is 259 g/mol. The van der Waals surface area contributed by atoms with Crippen LogP contribution >= 0.6 is 11.8 Å². The summed E-state index contributed by atoms with van der Waals surface area (Å²) in [6.45, 7) is 2.15. The first-order valence-corrected chi connectivity index (χ1v) is 7.85. The van der Waals surface area contributed by atoms with Gasteiger partial charge in [0.15, 0.2) is 0 Å². The average molecular weight is 259 g/mol. The Kier molecular flexibility index (Phi) is 7.69. The predicted molar refractivity (Wildman–Crippen MR) is 73.4 cm³/mol. The normalized spacial score (nSPS) is 18.9. The molecule has 1 rings (SSSR count). The van der Waals surface area contributed by atoms with Gasteiger partial charge in [0, 0.05) is 6.04 Å². The van der Waals surface area contributed by atoms with Crippen LogP contribution in [0.3, 0.4) is 0 Å². The highest BCUT2D eigenvalue weighted by molar-refractivity contribution is 7.99. The van der Waals surface area contributed by atoms with Crippen molar-refractivity contribution < 1.29 is 9.53 Å². The molecule has 1 atom stereocenters. The molecule has 0 aromatic heterocycles. The molecule has 4 heteroatoms. The number of hydrogen-bond donors (Lipinski definition) is 1. The van der Waals surface area contributed by atoms with Gasteiger partial charge in [-0.25, -0.2) is 0 Å². The van der Waals surface area contributed by atoms with Gasteiger partial charge in [0.25, 0.3) is 0 Å². The third-order valence-corrected chi connectivity index (χ3v) is 4.22. The van der Waals surface area contributed by atoms with Crippen LogP contribution in [-0.2, 0) is 9.53 Å². The first-order valence-electron chi connectivity index (χ1n) is 6.69. The number of carbonyl (C=O) groups is 1. The molecule has 0 aromatic rings. The minimum absolute atomic E-state index is 0.104. The highest BCUT2D eigenvalue weighted by Gasteiger charge is 2.23. The molecule has 1 N–H and O–H groups in total. The van der Waals surface area contributed by atoms with E-state index < -0.39 is 0 Å². The molecule has 0 radical (unpaired) electrons. The number of carbonyl (C=O) groups excluding carboxylic acids is 1. The Morgan fingerprint density at radius 2 is 2.12 bits per heavy atom. The number of ether oxygens (including phenoxy) is 1. The van der Waals surface area contributed by atoms with Gasteiger partial charge in [0.2, 0.25) is 0 Å². The predicted octanol–water partition coefficient (Wildman–Crippen LogP) is 2.59. The highest BCUT2D eigenvalue weighted by atomic mass is 32.2. The molecule has 0 amide bonds. The van der Waals surface area contributed by atoms with E-state index in [1.54, 1.807) is 0 Å². The summed E-state index contributed by atoms with van der Waals surface area (Å²) in [7, 11) is 1.48. The third-order valence-electron chi connectivity index (χ3n) is 3.28. The molecule has 0 spiro atoms. The van der Waals surface area contributed by atoms with Crippen LogP contribution in [0.25, 0.3) is 0 Å². The van der Waals surface area contributed by atoms with Gasteiger partial charge >= 0.3 is 5.97 Å². The SMILES string of the molecule is CCSCCC(NC1CCCCC1)C(=O)OC. The summed E-state index contributed by atoms with van der Waals surface area (Å²) in [6, 6.07) is 0.404. The average Bonchev–Trinajstić information content (AvgIpc) is 2.38.